The van der Waals surface area contributed by atoms with Gasteiger partial charge in [0, 0.05) is 61.8 Å². The highest BCUT2D eigenvalue weighted by molar-refractivity contribution is 5.79. The molecule has 4 aromatic carbocycles. The van der Waals surface area contributed by atoms with Crippen LogP contribution in [-0.2, 0) is 22.6 Å². The average Bonchev–Trinajstić information content (AvgIpc) is 3.34. The fraction of sp³-hybridized carbons (Fsp3) is 0.231. The third kappa shape index (κ3) is 15.0. The van der Waals surface area contributed by atoms with Gasteiger partial charge in [0.05, 0.1) is 55.8 Å². The van der Waals surface area contributed by atoms with Crippen molar-refractivity contribution >= 4 is 21.9 Å². The first-order chi connectivity index (χ1) is 31.5. The maximum Gasteiger partial charge on any atom is 0.193 e. The van der Waals surface area contributed by atoms with Gasteiger partial charge in [0.2, 0.25) is 0 Å². The number of hydrogen-bond donors (Lipinski definition) is 1. The molecule has 0 spiro atoms. The van der Waals surface area contributed by atoms with Crippen molar-refractivity contribution in [2.75, 3.05) is 59.9 Å². The molecule has 0 saturated heterocycles. The second kappa shape index (κ2) is 26.6. The van der Waals surface area contributed by atoms with Crippen LogP contribution in [0, 0.1) is 0 Å². The Morgan fingerprint density at radius 1 is 0.538 bits per heavy atom. The number of hydrogen-bond acceptors (Lipinski definition) is 12. The molecule has 2 N–H and O–H groups in total. The normalized spacial score (nSPS) is 10.6. The maximum atomic E-state index is 12.4. The van der Waals surface area contributed by atoms with E-state index in [1.807, 2.05) is 122 Å². The molecule has 0 amide bonds. The number of benzene rings is 4. The van der Waals surface area contributed by atoms with E-state index >= 15 is 0 Å². The van der Waals surface area contributed by atoms with Crippen molar-refractivity contribution in [1.29, 1.82) is 0 Å². The van der Waals surface area contributed by atoms with Gasteiger partial charge in [-0.15, -0.1) is 0 Å². The number of halogens is 1. The largest absolute Gasteiger partial charge is 0.491 e. The number of nitrogens with zero attached hydrogens (tertiary/aromatic N) is 3. The SMILES string of the molecule is C.CF.NCCOCCOc1ccc(-c2cc(=O)c3ccccc3o2)cc1.O=c1cc(-c2ccc(OCCOCCN(Cc3ccccn3)Cc3ccccn3)cc2)oc2ccccc12. The molecular formula is C52H55FN4O8. The summed E-state index contributed by atoms with van der Waals surface area (Å²) in [5.74, 6) is 2.53. The van der Waals surface area contributed by atoms with E-state index < -0.39 is 0 Å². The van der Waals surface area contributed by atoms with Crippen molar-refractivity contribution in [3.63, 3.8) is 0 Å². The molecule has 65 heavy (non-hydrogen) atoms. The van der Waals surface area contributed by atoms with Gasteiger partial charge in [-0.3, -0.25) is 28.8 Å². The summed E-state index contributed by atoms with van der Waals surface area (Å²) in [6.07, 6.45) is 3.62. The van der Waals surface area contributed by atoms with Crippen LogP contribution in [0.25, 0.3) is 44.6 Å². The molecule has 0 fully saturated rings. The lowest BCUT2D eigenvalue weighted by molar-refractivity contribution is 0.0754. The van der Waals surface area contributed by atoms with Crippen molar-refractivity contribution in [2.24, 2.45) is 5.73 Å². The van der Waals surface area contributed by atoms with Gasteiger partial charge >= 0.3 is 0 Å². The molecule has 338 valence electrons. The van der Waals surface area contributed by atoms with Crippen molar-refractivity contribution < 1.29 is 32.2 Å². The molecule has 0 radical (unpaired) electrons. The lowest BCUT2D eigenvalue weighted by Crippen LogP contribution is -2.28. The van der Waals surface area contributed by atoms with E-state index in [4.69, 9.17) is 33.5 Å². The Kier molecular flexibility index (Phi) is 20.0. The van der Waals surface area contributed by atoms with E-state index in [9.17, 15) is 14.0 Å². The summed E-state index contributed by atoms with van der Waals surface area (Å²) in [7, 11) is 0.500. The average molecular weight is 883 g/mol. The fourth-order valence-electron chi connectivity index (χ4n) is 6.50. The summed E-state index contributed by atoms with van der Waals surface area (Å²) in [6, 6.07) is 44.3. The highest BCUT2D eigenvalue weighted by Gasteiger charge is 2.11. The van der Waals surface area contributed by atoms with Gasteiger partial charge in [0.1, 0.15) is 47.4 Å². The molecule has 8 rings (SSSR count). The van der Waals surface area contributed by atoms with Crippen LogP contribution in [0.1, 0.15) is 18.8 Å². The van der Waals surface area contributed by atoms with Crippen LogP contribution in [-0.4, -0.2) is 74.8 Å². The quantitative estimate of drug-likeness (QED) is 0.0771. The third-order valence-electron chi connectivity index (χ3n) is 9.58. The number of fused-ring (bicyclic) bond motifs is 2. The van der Waals surface area contributed by atoms with Crippen molar-refractivity contribution in [2.45, 2.75) is 20.5 Å². The second-order valence-electron chi connectivity index (χ2n) is 14.1. The van der Waals surface area contributed by atoms with E-state index in [-0.39, 0.29) is 18.3 Å². The molecule has 0 unspecified atom stereocenters. The number of alkyl halides is 1. The highest BCUT2D eigenvalue weighted by Crippen LogP contribution is 2.26. The van der Waals surface area contributed by atoms with Crippen LogP contribution >= 0.6 is 0 Å². The molecule has 0 bridgehead atoms. The number of nitrogens with two attached hydrogens (primary N) is 1. The van der Waals surface area contributed by atoms with E-state index in [0.717, 1.165) is 53.6 Å². The smallest absolute Gasteiger partial charge is 0.193 e. The minimum atomic E-state index is -0.0575. The third-order valence-corrected chi connectivity index (χ3v) is 9.58. The van der Waals surface area contributed by atoms with E-state index in [1.165, 1.54) is 12.1 Å². The van der Waals surface area contributed by atoms with Gasteiger partial charge in [0.15, 0.2) is 10.9 Å². The first-order valence-corrected chi connectivity index (χ1v) is 20.8. The highest BCUT2D eigenvalue weighted by atomic mass is 19.1. The van der Waals surface area contributed by atoms with Gasteiger partial charge < -0.3 is 33.5 Å². The summed E-state index contributed by atoms with van der Waals surface area (Å²) in [5.41, 5.74) is 10.1. The molecule has 8 aromatic rings. The molecule has 12 nitrogen and oxygen atoms in total. The maximum absolute atomic E-state index is 12.4. The molecule has 0 aliphatic rings. The Bertz CT molecular complexity index is 2680. The molecule has 0 aliphatic heterocycles. The molecule has 4 heterocycles. The van der Waals surface area contributed by atoms with Crippen molar-refractivity contribution in [3.8, 4) is 34.1 Å². The van der Waals surface area contributed by atoms with Gasteiger partial charge in [-0.1, -0.05) is 43.8 Å². The minimum absolute atomic E-state index is 0. The Morgan fingerprint density at radius 2 is 0.969 bits per heavy atom. The number of para-hydroxylation sites is 2. The topological polar surface area (TPSA) is 152 Å². The monoisotopic (exact) mass is 882 g/mol. The summed E-state index contributed by atoms with van der Waals surface area (Å²) in [6.45, 7) is 5.68. The number of pyridine rings is 2. The van der Waals surface area contributed by atoms with Crippen molar-refractivity contribution in [1.82, 2.24) is 14.9 Å². The standard InChI is InChI=1S/C31H29N3O4.C19H19NO4.CH3F.CH4/c35-29-21-31(38-30-10-2-1-9-28(29)30)24-11-13-27(14-12-24)37-20-19-36-18-17-34(22-25-7-3-5-15-32-25)23-26-8-4-6-16-33-26;20-9-10-22-11-12-23-15-7-5-14(6-8-15)19-13-17(21)16-3-1-2-4-18(16)24-19;1-2;/h1-16,21H,17-20,22-23H2;1-8,13H,9-12,20H2;1H3;1H4. The lowest BCUT2D eigenvalue weighted by atomic mass is 10.1. The first kappa shape index (κ1) is 49.0. The number of aromatic nitrogens is 2. The Labute approximate surface area is 378 Å². The second-order valence-corrected chi connectivity index (χ2v) is 14.1. The Hall–Kier alpha value is -7.03. The zero-order chi connectivity index (χ0) is 44.8. The van der Waals surface area contributed by atoms with Gasteiger partial charge in [-0.2, -0.15) is 0 Å². The Balaban J connectivity index is 0.000000254. The molecule has 0 atom stereocenters. The van der Waals surface area contributed by atoms with Crippen LogP contribution in [0.4, 0.5) is 4.39 Å². The first-order valence-electron chi connectivity index (χ1n) is 20.8. The molecule has 4 aromatic heterocycles. The molecular weight excluding hydrogens is 828 g/mol. The number of rotatable bonds is 19. The van der Waals surface area contributed by atoms with Gasteiger partial charge in [-0.25, -0.2) is 0 Å². The zero-order valence-corrected chi connectivity index (χ0v) is 35.6. The summed E-state index contributed by atoms with van der Waals surface area (Å²) in [5, 5.41) is 1.16. The summed E-state index contributed by atoms with van der Waals surface area (Å²) < 4.78 is 43.8. The minimum Gasteiger partial charge on any atom is -0.491 e. The Morgan fingerprint density at radius 3 is 1.40 bits per heavy atom. The van der Waals surface area contributed by atoms with Gasteiger partial charge in [0.25, 0.3) is 0 Å². The van der Waals surface area contributed by atoms with Crippen LogP contribution in [0.5, 0.6) is 11.5 Å². The predicted octanol–water partition coefficient (Wildman–Crippen LogP) is 9.38. The number of ether oxygens (including phenoxy) is 4. The van der Waals surface area contributed by atoms with Crippen molar-refractivity contribution in [3.05, 3.63) is 190 Å². The van der Waals surface area contributed by atoms with Crippen LogP contribution in [0.15, 0.2) is 176 Å². The van der Waals surface area contributed by atoms with E-state index in [2.05, 4.69) is 14.9 Å². The summed E-state index contributed by atoms with van der Waals surface area (Å²) in [4.78, 5) is 35.7. The summed E-state index contributed by atoms with van der Waals surface area (Å²) >= 11 is 0. The lowest BCUT2D eigenvalue weighted by Gasteiger charge is -2.21. The molecule has 0 saturated carbocycles. The van der Waals surface area contributed by atoms with E-state index in [0.29, 0.717) is 86.8 Å². The zero-order valence-electron chi connectivity index (χ0n) is 35.6. The fourth-order valence-corrected chi connectivity index (χ4v) is 6.50. The van der Waals surface area contributed by atoms with Crippen LogP contribution in [0.2, 0.25) is 0 Å². The van der Waals surface area contributed by atoms with Crippen LogP contribution in [0.3, 0.4) is 0 Å². The predicted molar refractivity (Wildman–Crippen MR) is 254 cm³/mol. The van der Waals surface area contributed by atoms with Gasteiger partial charge in [-0.05, 0) is 97.1 Å². The molecule has 0 aliphatic carbocycles. The molecule has 13 heteroatoms. The van der Waals surface area contributed by atoms with E-state index in [1.54, 1.807) is 24.3 Å². The van der Waals surface area contributed by atoms with Crippen LogP contribution < -0.4 is 26.1 Å².